The first-order chi connectivity index (χ1) is 11.7. The smallest absolute Gasteiger partial charge is 0.314 e. The lowest BCUT2D eigenvalue weighted by atomic mass is 9.95. The standard InChI is InChI=1S/C18H22FN3O2/c19-16-5-3-14(4-6-16)17-15(7-12-24-17)13-21-18(23)20-8-11-22-9-1-2-10-22/h1-6,9-10,15,17H,7-8,11-13H2,(H2,20,21,23)/t15-,17-/m0/s1. The number of carbonyl (C=O) groups is 1. The zero-order chi connectivity index (χ0) is 16.8. The molecule has 0 spiro atoms. The van der Waals surface area contributed by atoms with Crippen LogP contribution in [-0.2, 0) is 11.3 Å². The van der Waals surface area contributed by atoms with Gasteiger partial charge in [-0.1, -0.05) is 12.1 Å². The number of rotatable bonds is 6. The first kappa shape index (κ1) is 16.5. The third kappa shape index (κ3) is 4.35. The maximum Gasteiger partial charge on any atom is 0.314 e. The average Bonchev–Trinajstić information content (AvgIpc) is 3.25. The molecule has 0 radical (unpaired) electrons. The Morgan fingerprint density at radius 2 is 1.96 bits per heavy atom. The van der Waals surface area contributed by atoms with E-state index < -0.39 is 0 Å². The summed E-state index contributed by atoms with van der Waals surface area (Å²) < 4.78 is 20.8. The molecule has 1 aromatic heterocycles. The molecule has 2 heterocycles. The quantitative estimate of drug-likeness (QED) is 0.855. The van der Waals surface area contributed by atoms with E-state index in [9.17, 15) is 9.18 Å². The molecule has 24 heavy (non-hydrogen) atoms. The molecule has 0 unspecified atom stereocenters. The number of hydrogen-bond donors (Lipinski definition) is 2. The molecule has 2 atom stereocenters. The maximum atomic E-state index is 13.0. The van der Waals surface area contributed by atoms with Crippen LogP contribution in [0.1, 0.15) is 18.1 Å². The van der Waals surface area contributed by atoms with Crippen LogP contribution >= 0.6 is 0 Å². The van der Waals surface area contributed by atoms with Crippen molar-refractivity contribution in [3.05, 3.63) is 60.2 Å². The van der Waals surface area contributed by atoms with Crippen molar-refractivity contribution in [3.8, 4) is 0 Å². The summed E-state index contributed by atoms with van der Waals surface area (Å²) in [4.78, 5) is 11.9. The van der Waals surface area contributed by atoms with Gasteiger partial charge in [-0.05, 0) is 36.2 Å². The van der Waals surface area contributed by atoms with Gasteiger partial charge in [-0.3, -0.25) is 0 Å². The van der Waals surface area contributed by atoms with Crippen LogP contribution in [-0.4, -0.2) is 30.3 Å². The summed E-state index contributed by atoms with van der Waals surface area (Å²) in [5.74, 6) is -0.0563. The molecule has 6 heteroatoms. The summed E-state index contributed by atoms with van der Waals surface area (Å²) in [6.45, 7) is 2.51. The number of halogens is 1. The third-order valence-corrected chi connectivity index (χ3v) is 4.26. The van der Waals surface area contributed by atoms with E-state index in [2.05, 4.69) is 10.6 Å². The number of aromatic nitrogens is 1. The zero-order valence-electron chi connectivity index (χ0n) is 13.5. The van der Waals surface area contributed by atoms with Gasteiger partial charge in [0.1, 0.15) is 5.82 Å². The average molecular weight is 331 g/mol. The van der Waals surface area contributed by atoms with Gasteiger partial charge in [-0.15, -0.1) is 0 Å². The van der Waals surface area contributed by atoms with Crippen LogP contribution in [0.3, 0.4) is 0 Å². The van der Waals surface area contributed by atoms with Crippen molar-refractivity contribution in [2.75, 3.05) is 19.7 Å². The van der Waals surface area contributed by atoms with Crippen molar-refractivity contribution in [3.63, 3.8) is 0 Å². The van der Waals surface area contributed by atoms with Gasteiger partial charge in [0.2, 0.25) is 0 Å². The van der Waals surface area contributed by atoms with Gasteiger partial charge >= 0.3 is 6.03 Å². The Bertz CT molecular complexity index is 643. The Hall–Kier alpha value is -2.34. The Balaban J connectivity index is 1.43. The minimum Gasteiger partial charge on any atom is -0.373 e. The molecule has 5 nitrogen and oxygen atoms in total. The molecule has 2 amide bonds. The van der Waals surface area contributed by atoms with E-state index in [-0.39, 0.29) is 23.9 Å². The second-order valence-electron chi connectivity index (χ2n) is 5.95. The van der Waals surface area contributed by atoms with Crippen LogP contribution in [0.4, 0.5) is 9.18 Å². The molecule has 2 N–H and O–H groups in total. The van der Waals surface area contributed by atoms with Gasteiger partial charge in [0.25, 0.3) is 0 Å². The van der Waals surface area contributed by atoms with Crippen molar-refractivity contribution in [2.24, 2.45) is 5.92 Å². The number of urea groups is 1. The summed E-state index contributed by atoms with van der Waals surface area (Å²) in [5, 5.41) is 5.75. The number of ether oxygens (including phenoxy) is 1. The molecule has 0 bridgehead atoms. The van der Waals surface area contributed by atoms with Crippen LogP contribution in [0.2, 0.25) is 0 Å². The summed E-state index contributed by atoms with van der Waals surface area (Å²) >= 11 is 0. The van der Waals surface area contributed by atoms with E-state index in [0.29, 0.717) is 19.7 Å². The van der Waals surface area contributed by atoms with Gasteiger partial charge in [0.05, 0.1) is 6.10 Å². The summed E-state index contributed by atoms with van der Waals surface area (Å²) in [7, 11) is 0. The van der Waals surface area contributed by atoms with Gasteiger partial charge in [-0.2, -0.15) is 0 Å². The van der Waals surface area contributed by atoms with E-state index in [1.165, 1.54) is 12.1 Å². The molecule has 1 aromatic carbocycles. The lowest BCUT2D eigenvalue weighted by Crippen LogP contribution is -2.40. The molecule has 1 saturated heterocycles. The SMILES string of the molecule is O=C(NCCn1cccc1)NC[C@@H]1CCO[C@H]1c1ccc(F)cc1. The van der Waals surface area contributed by atoms with Crippen molar-refractivity contribution in [1.82, 2.24) is 15.2 Å². The predicted molar refractivity (Wildman–Crippen MR) is 89.0 cm³/mol. The zero-order valence-corrected chi connectivity index (χ0v) is 13.5. The van der Waals surface area contributed by atoms with E-state index in [1.54, 1.807) is 12.1 Å². The van der Waals surface area contributed by atoms with Gasteiger partial charge in [0.15, 0.2) is 0 Å². The minimum absolute atomic E-state index is 0.0919. The fraction of sp³-hybridized carbons (Fsp3) is 0.389. The number of benzene rings is 1. The molecular weight excluding hydrogens is 309 g/mol. The summed E-state index contributed by atoms with van der Waals surface area (Å²) in [6, 6.07) is 10.1. The number of nitrogens with zero attached hydrogens (tertiary/aromatic N) is 1. The van der Waals surface area contributed by atoms with Crippen LogP contribution in [0.15, 0.2) is 48.8 Å². The molecule has 2 aromatic rings. The Morgan fingerprint density at radius 3 is 2.71 bits per heavy atom. The molecule has 3 rings (SSSR count). The van der Waals surface area contributed by atoms with E-state index in [4.69, 9.17) is 4.74 Å². The van der Waals surface area contributed by atoms with Gasteiger partial charge < -0.3 is 19.9 Å². The number of carbonyl (C=O) groups excluding carboxylic acids is 1. The van der Waals surface area contributed by atoms with E-state index in [1.807, 2.05) is 29.1 Å². The molecule has 0 saturated carbocycles. The van der Waals surface area contributed by atoms with Crippen molar-refractivity contribution >= 4 is 6.03 Å². The summed E-state index contributed by atoms with van der Waals surface area (Å²) in [5.41, 5.74) is 0.953. The van der Waals surface area contributed by atoms with Crippen molar-refractivity contribution < 1.29 is 13.9 Å². The number of nitrogens with one attached hydrogen (secondary N) is 2. The molecule has 1 fully saturated rings. The molecule has 1 aliphatic heterocycles. The number of hydrogen-bond acceptors (Lipinski definition) is 2. The monoisotopic (exact) mass is 331 g/mol. The predicted octanol–water partition coefficient (Wildman–Crippen LogP) is 2.70. The maximum absolute atomic E-state index is 13.0. The second-order valence-corrected chi connectivity index (χ2v) is 5.95. The fourth-order valence-electron chi connectivity index (χ4n) is 2.97. The largest absolute Gasteiger partial charge is 0.373 e. The lowest BCUT2D eigenvalue weighted by molar-refractivity contribution is 0.0909. The first-order valence-corrected chi connectivity index (χ1v) is 8.22. The van der Waals surface area contributed by atoms with E-state index >= 15 is 0 Å². The van der Waals surface area contributed by atoms with Crippen LogP contribution in [0.5, 0.6) is 0 Å². The van der Waals surface area contributed by atoms with Crippen LogP contribution < -0.4 is 10.6 Å². The Morgan fingerprint density at radius 1 is 1.21 bits per heavy atom. The highest BCUT2D eigenvalue weighted by atomic mass is 19.1. The minimum atomic E-state index is -0.256. The highest BCUT2D eigenvalue weighted by Crippen LogP contribution is 2.34. The molecule has 0 aliphatic carbocycles. The van der Waals surface area contributed by atoms with Crippen LogP contribution in [0, 0.1) is 11.7 Å². The highest BCUT2D eigenvalue weighted by molar-refractivity contribution is 5.73. The lowest BCUT2D eigenvalue weighted by Gasteiger charge is -2.19. The van der Waals surface area contributed by atoms with Gasteiger partial charge in [0, 0.05) is 44.6 Å². The Labute approximate surface area is 140 Å². The summed E-state index contributed by atoms with van der Waals surface area (Å²) in [6.07, 6.45) is 4.71. The van der Waals surface area contributed by atoms with Gasteiger partial charge in [-0.25, -0.2) is 9.18 Å². The van der Waals surface area contributed by atoms with Crippen molar-refractivity contribution in [2.45, 2.75) is 19.1 Å². The molecule has 128 valence electrons. The van der Waals surface area contributed by atoms with Crippen LogP contribution in [0.25, 0.3) is 0 Å². The fourth-order valence-corrected chi connectivity index (χ4v) is 2.97. The van der Waals surface area contributed by atoms with Crippen molar-refractivity contribution in [1.29, 1.82) is 0 Å². The third-order valence-electron chi connectivity index (χ3n) is 4.26. The Kier molecular flexibility index (Phi) is 5.48. The normalized spacial score (nSPS) is 20.0. The molecular formula is C18H22FN3O2. The van der Waals surface area contributed by atoms with E-state index in [0.717, 1.165) is 18.5 Å². The topological polar surface area (TPSA) is 55.3 Å². The highest BCUT2D eigenvalue weighted by Gasteiger charge is 2.29. The molecule has 1 aliphatic rings. The number of amides is 2. The first-order valence-electron chi connectivity index (χ1n) is 8.22. The second kappa shape index (κ2) is 7.97.